The van der Waals surface area contributed by atoms with Crippen molar-refractivity contribution in [1.82, 2.24) is 0 Å². The standard InChI is InChI=1S/C19H17FO2S/c1-23-19(21)18-12-15(13-5-3-2-4-6-13)11-17(22-18)14-7-9-16(20)10-8-14/h2-10,12,15,17H,11H2,1H3/t15-,17-/m1/s1. The Morgan fingerprint density at radius 1 is 1.09 bits per heavy atom. The molecular weight excluding hydrogens is 311 g/mol. The van der Waals surface area contributed by atoms with Gasteiger partial charge in [0.15, 0.2) is 5.76 Å². The summed E-state index contributed by atoms with van der Waals surface area (Å²) in [4.78, 5) is 12.1. The van der Waals surface area contributed by atoms with Crippen LogP contribution in [0, 0.1) is 5.82 Å². The van der Waals surface area contributed by atoms with E-state index in [1.807, 2.05) is 24.3 Å². The largest absolute Gasteiger partial charge is 0.481 e. The highest BCUT2D eigenvalue weighted by atomic mass is 32.2. The number of carbonyl (C=O) groups excluding carboxylic acids is 1. The molecule has 2 nitrogen and oxygen atoms in total. The van der Waals surface area contributed by atoms with Gasteiger partial charge in [-0.25, -0.2) is 4.39 Å². The third-order valence-electron chi connectivity index (χ3n) is 3.95. The van der Waals surface area contributed by atoms with Crippen LogP contribution in [-0.2, 0) is 9.53 Å². The van der Waals surface area contributed by atoms with Crippen LogP contribution in [0.15, 0.2) is 66.4 Å². The van der Waals surface area contributed by atoms with Gasteiger partial charge < -0.3 is 4.74 Å². The lowest BCUT2D eigenvalue weighted by Gasteiger charge is -2.29. The molecule has 1 heterocycles. The second-order valence-corrected chi connectivity index (χ2v) is 6.21. The van der Waals surface area contributed by atoms with Gasteiger partial charge in [0, 0.05) is 5.92 Å². The van der Waals surface area contributed by atoms with Gasteiger partial charge in [0.25, 0.3) is 5.12 Å². The van der Waals surface area contributed by atoms with E-state index in [4.69, 9.17) is 4.74 Å². The quantitative estimate of drug-likeness (QED) is 0.806. The van der Waals surface area contributed by atoms with Crippen molar-refractivity contribution in [1.29, 1.82) is 0 Å². The van der Waals surface area contributed by atoms with Gasteiger partial charge >= 0.3 is 0 Å². The lowest BCUT2D eigenvalue weighted by atomic mass is 9.88. The minimum atomic E-state index is -0.278. The van der Waals surface area contributed by atoms with Crippen molar-refractivity contribution in [3.63, 3.8) is 0 Å². The molecule has 0 saturated carbocycles. The zero-order valence-corrected chi connectivity index (χ0v) is 13.6. The monoisotopic (exact) mass is 328 g/mol. The highest BCUT2D eigenvalue weighted by Gasteiger charge is 2.28. The molecule has 2 atom stereocenters. The fourth-order valence-electron chi connectivity index (χ4n) is 2.75. The zero-order chi connectivity index (χ0) is 16.2. The Kier molecular flexibility index (Phi) is 4.82. The van der Waals surface area contributed by atoms with E-state index in [-0.39, 0.29) is 23.0 Å². The Morgan fingerprint density at radius 2 is 1.78 bits per heavy atom. The van der Waals surface area contributed by atoms with Crippen molar-refractivity contribution in [2.75, 3.05) is 6.26 Å². The van der Waals surface area contributed by atoms with E-state index in [2.05, 4.69) is 12.1 Å². The summed E-state index contributed by atoms with van der Waals surface area (Å²) in [6.07, 6.45) is 4.11. The maximum atomic E-state index is 13.1. The fourth-order valence-corrected chi connectivity index (χ4v) is 3.07. The molecular formula is C19H17FO2S. The SMILES string of the molecule is CSC(=O)C1=C[C@H](c2ccccc2)C[C@H](c2ccc(F)cc2)O1. The highest BCUT2D eigenvalue weighted by Crippen LogP contribution is 2.39. The molecule has 0 saturated heterocycles. The number of allylic oxidation sites excluding steroid dienone is 1. The third kappa shape index (κ3) is 3.64. The molecule has 2 aromatic carbocycles. The summed E-state index contributed by atoms with van der Waals surface area (Å²) < 4.78 is 19.0. The van der Waals surface area contributed by atoms with E-state index in [1.165, 1.54) is 12.1 Å². The number of benzene rings is 2. The minimum absolute atomic E-state index is 0.0854. The van der Waals surface area contributed by atoms with Crippen LogP contribution in [0.3, 0.4) is 0 Å². The number of ether oxygens (including phenoxy) is 1. The van der Waals surface area contributed by atoms with E-state index in [9.17, 15) is 9.18 Å². The Hall–Kier alpha value is -2.07. The molecule has 3 rings (SSSR count). The Bertz CT molecular complexity index is 710. The molecule has 0 fully saturated rings. The maximum Gasteiger partial charge on any atom is 0.253 e. The number of rotatable bonds is 3. The van der Waals surface area contributed by atoms with Crippen molar-refractivity contribution in [2.45, 2.75) is 18.4 Å². The Labute approximate surface area is 139 Å². The molecule has 0 N–H and O–H groups in total. The zero-order valence-electron chi connectivity index (χ0n) is 12.7. The third-order valence-corrected chi connectivity index (χ3v) is 4.52. The summed E-state index contributed by atoms with van der Waals surface area (Å²) in [5.41, 5.74) is 2.03. The van der Waals surface area contributed by atoms with Gasteiger partial charge in [-0.05, 0) is 42.0 Å². The van der Waals surface area contributed by atoms with Crippen LogP contribution in [-0.4, -0.2) is 11.4 Å². The Balaban J connectivity index is 1.93. The van der Waals surface area contributed by atoms with Gasteiger partial charge in [-0.3, -0.25) is 4.79 Å². The second-order valence-electron chi connectivity index (χ2n) is 5.43. The predicted molar refractivity (Wildman–Crippen MR) is 90.6 cm³/mol. The van der Waals surface area contributed by atoms with Gasteiger partial charge in [0.05, 0.1) is 0 Å². The van der Waals surface area contributed by atoms with Gasteiger partial charge in [0.1, 0.15) is 11.9 Å². The van der Waals surface area contributed by atoms with Crippen LogP contribution >= 0.6 is 11.8 Å². The molecule has 0 amide bonds. The first kappa shape index (κ1) is 15.8. The van der Waals surface area contributed by atoms with E-state index in [0.717, 1.165) is 29.3 Å². The first-order valence-corrected chi connectivity index (χ1v) is 8.67. The topological polar surface area (TPSA) is 26.3 Å². The van der Waals surface area contributed by atoms with Crippen molar-refractivity contribution < 1.29 is 13.9 Å². The molecule has 118 valence electrons. The van der Waals surface area contributed by atoms with Crippen LogP contribution in [0.25, 0.3) is 0 Å². The number of hydrogen-bond donors (Lipinski definition) is 0. The smallest absolute Gasteiger partial charge is 0.253 e. The average molecular weight is 328 g/mol. The van der Waals surface area contributed by atoms with E-state index in [1.54, 1.807) is 18.4 Å². The summed E-state index contributed by atoms with van der Waals surface area (Å²) >= 11 is 1.14. The van der Waals surface area contributed by atoms with E-state index < -0.39 is 0 Å². The van der Waals surface area contributed by atoms with Crippen LogP contribution in [0.4, 0.5) is 4.39 Å². The summed E-state index contributed by atoms with van der Waals surface area (Å²) in [5.74, 6) is 0.207. The maximum absolute atomic E-state index is 13.1. The summed E-state index contributed by atoms with van der Waals surface area (Å²) in [7, 11) is 0. The van der Waals surface area contributed by atoms with Gasteiger partial charge in [0.2, 0.25) is 0 Å². The first-order chi connectivity index (χ1) is 11.2. The predicted octanol–water partition coefficient (Wildman–Crippen LogP) is 4.84. The van der Waals surface area contributed by atoms with Gasteiger partial charge in [-0.2, -0.15) is 0 Å². The molecule has 0 radical (unpaired) electrons. The molecule has 0 unspecified atom stereocenters. The summed E-state index contributed by atoms with van der Waals surface area (Å²) in [6, 6.07) is 16.3. The van der Waals surface area contributed by atoms with Crippen LogP contribution in [0.5, 0.6) is 0 Å². The van der Waals surface area contributed by atoms with Crippen LogP contribution in [0.2, 0.25) is 0 Å². The Morgan fingerprint density at radius 3 is 2.43 bits per heavy atom. The van der Waals surface area contributed by atoms with Crippen LogP contribution in [0.1, 0.15) is 29.6 Å². The lowest BCUT2D eigenvalue weighted by Crippen LogP contribution is -2.18. The molecule has 4 heteroatoms. The number of hydrogen-bond acceptors (Lipinski definition) is 3. The van der Waals surface area contributed by atoms with Crippen LogP contribution < -0.4 is 0 Å². The molecule has 1 aliphatic heterocycles. The second kappa shape index (κ2) is 7.01. The molecule has 0 bridgehead atoms. The molecule has 23 heavy (non-hydrogen) atoms. The normalized spacial score (nSPS) is 20.5. The molecule has 1 aliphatic rings. The van der Waals surface area contributed by atoms with Crippen molar-refractivity contribution in [3.8, 4) is 0 Å². The number of halogens is 1. The molecule has 0 spiro atoms. The first-order valence-electron chi connectivity index (χ1n) is 7.44. The van der Waals surface area contributed by atoms with E-state index >= 15 is 0 Å². The average Bonchev–Trinajstić information content (AvgIpc) is 2.62. The fraction of sp³-hybridized carbons (Fsp3) is 0.211. The van der Waals surface area contributed by atoms with Crippen molar-refractivity contribution in [2.24, 2.45) is 0 Å². The van der Waals surface area contributed by atoms with Gasteiger partial charge in [-0.15, -0.1) is 0 Å². The number of carbonyl (C=O) groups is 1. The summed E-state index contributed by atoms with van der Waals surface area (Å²) in [6.45, 7) is 0. The minimum Gasteiger partial charge on any atom is -0.481 e. The molecule has 2 aromatic rings. The summed E-state index contributed by atoms with van der Waals surface area (Å²) in [5, 5.41) is -0.0854. The van der Waals surface area contributed by atoms with Crippen molar-refractivity contribution in [3.05, 3.63) is 83.4 Å². The lowest BCUT2D eigenvalue weighted by molar-refractivity contribution is -0.112. The number of thioether (sulfide) groups is 1. The highest BCUT2D eigenvalue weighted by molar-refractivity contribution is 8.13. The molecule has 0 aromatic heterocycles. The van der Waals surface area contributed by atoms with E-state index in [0.29, 0.717) is 5.76 Å². The molecule has 0 aliphatic carbocycles. The van der Waals surface area contributed by atoms with Gasteiger partial charge in [-0.1, -0.05) is 54.2 Å². The van der Waals surface area contributed by atoms with Crippen molar-refractivity contribution >= 4 is 16.9 Å².